The highest BCUT2D eigenvalue weighted by Crippen LogP contribution is 1.88. The summed E-state index contributed by atoms with van der Waals surface area (Å²) < 4.78 is 6.94. The summed E-state index contributed by atoms with van der Waals surface area (Å²) in [7, 11) is 0. The van der Waals surface area contributed by atoms with Gasteiger partial charge in [-0.05, 0) is 11.7 Å². The molecule has 0 atom stereocenters. The monoisotopic (exact) mass is 112 g/mol. The first-order chi connectivity index (χ1) is 3.83. The summed E-state index contributed by atoms with van der Waals surface area (Å²) in [6, 6.07) is 1.95. The maximum atomic E-state index is 5.15. The maximum absolute atomic E-state index is 5.15. The van der Waals surface area contributed by atoms with Gasteiger partial charge in [0.25, 0.3) is 0 Å². The van der Waals surface area contributed by atoms with Gasteiger partial charge in [0, 0.05) is 6.92 Å². The number of aryl methyl sites for hydroxylation is 2. The standard InChI is InChI=1S/C6H10NO/c1-3-7-5-4-6(2)8-7/h4-5H,3H2,1-2H3/q+1. The van der Waals surface area contributed by atoms with Crippen LogP contribution < -0.4 is 4.74 Å². The van der Waals surface area contributed by atoms with Crippen molar-refractivity contribution in [3.8, 4) is 0 Å². The van der Waals surface area contributed by atoms with Crippen molar-refractivity contribution < 1.29 is 9.26 Å². The van der Waals surface area contributed by atoms with E-state index in [0.717, 1.165) is 12.3 Å². The molecule has 1 heterocycles. The van der Waals surface area contributed by atoms with Crippen molar-refractivity contribution in [2.24, 2.45) is 0 Å². The van der Waals surface area contributed by atoms with Crippen LogP contribution in [0.4, 0.5) is 0 Å². The molecular formula is C6H10NO+. The van der Waals surface area contributed by atoms with Gasteiger partial charge < -0.3 is 0 Å². The highest BCUT2D eigenvalue weighted by molar-refractivity contribution is 4.84. The molecule has 0 aromatic carbocycles. The Balaban J connectivity index is 2.84. The quantitative estimate of drug-likeness (QED) is 0.493. The number of hydrogen-bond donors (Lipinski definition) is 0. The van der Waals surface area contributed by atoms with Crippen LogP contribution >= 0.6 is 0 Å². The van der Waals surface area contributed by atoms with Gasteiger partial charge in [-0.2, -0.15) is 0 Å². The molecule has 2 heteroatoms. The van der Waals surface area contributed by atoms with Crippen molar-refractivity contribution in [2.75, 3.05) is 0 Å². The molecule has 0 N–H and O–H groups in total. The Bertz CT molecular complexity index is 169. The van der Waals surface area contributed by atoms with Gasteiger partial charge in [0.1, 0.15) is 0 Å². The minimum absolute atomic E-state index is 0.911. The molecular weight excluding hydrogens is 102 g/mol. The van der Waals surface area contributed by atoms with Gasteiger partial charge >= 0.3 is 0 Å². The fraction of sp³-hybridized carbons (Fsp3) is 0.500. The van der Waals surface area contributed by atoms with Crippen LogP contribution in [-0.2, 0) is 6.54 Å². The van der Waals surface area contributed by atoms with E-state index in [1.54, 1.807) is 4.74 Å². The second kappa shape index (κ2) is 1.99. The van der Waals surface area contributed by atoms with Crippen LogP contribution in [0.2, 0.25) is 0 Å². The van der Waals surface area contributed by atoms with Crippen molar-refractivity contribution in [1.82, 2.24) is 0 Å². The normalized spacial score (nSPS) is 9.75. The Morgan fingerprint density at radius 1 is 1.75 bits per heavy atom. The van der Waals surface area contributed by atoms with Crippen LogP contribution in [-0.4, -0.2) is 0 Å². The zero-order chi connectivity index (χ0) is 5.98. The van der Waals surface area contributed by atoms with E-state index in [9.17, 15) is 0 Å². The van der Waals surface area contributed by atoms with E-state index in [0.29, 0.717) is 0 Å². The molecule has 0 fully saturated rings. The molecule has 0 aliphatic carbocycles. The minimum Gasteiger partial charge on any atom is -0.242 e. The van der Waals surface area contributed by atoms with Gasteiger partial charge in [0.15, 0.2) is 12.3 Å². The molecule has 1 aromatic rings. The third-order valence-corrected chi connectivity index (χ3v) is 1.05. The lowest BCUT2D eigenvalue weighted by Crippen LogP contribution is -2.27. The zero-order valence-electron chi connectivity index (χ0n) is 5.22. The molecule has 0 aliphatic heterocycles. The molecule has 0 saturated heterocycles. The summed E-state index contributed by atoms with van der Waals surface area (Å²) in [5.74, 6) is 0.965. The molecule has 0 amide bonds. The number of aromatic nitrogens is 1. The molecule has 44 valence electrons. The first-order valence-corrected chi connectivity index (χ1v) is 2.79. The molecule has 0 aliphatic rings. The zero-order valence-corrected chi connectivity index (χ0v) is 5.22. The first kappa shape index (κ1) is 5.35. The van der Waals surface area contributed by atoms with Crippen LogP contribution in [0.15, 0.2) is 16.8 Å². The largest absolute Gasteiger partial charge is 0.242 e. The second-order valence-electron chi connectivity index (χ2n) is 1.75. The van der Waals surface area contributed by atoms with Crippen molar-refractivity contribution in [1.29, 1.82) is 0 Å². The predicted octanol–water partition coefficient (Wildman–Crippen LogP) is 0.895. The Morgan fingerprint density at radius 3 is 2.75 bits per heavy atom. The molecule has 0 unspecified atom stereocenters. The van der Waals surface area contributed by atoms with Gasteiger partial charge in [0.2, 0.25) is 6.20 Å². The van der Waals surface area contributed by atoms with E-state index in [1.165, 1.54) is 0 Å². The van der Waals surface area contributed by atoms with E-state index in [2.05, 4.69) is 0 Å². The Morgan fingerprint density at radius 2 is 2.50 bits per heavy atom. The first-order valence-electron chi connectivity index (χ1n) is 2.79. The number of hydrogen-bond acceptors (Lipinski definition) is 1. The molecule has 1 rings (SSSR count). The average molecular weight is 112 g/mol. The van der Waals surface area contributed by atoms with E-state index in [1.807, 2.05) is 26.1 Å². The minimum atomic E-state index is 0.911. The summed E-state index contributed by atoms with van der Waals surface area (Å²) in [4.78, 5) is 0. The Labute approximate surface area is 48.7 Å². The van der Waals surface area contributed by atoms with Crippen LogP contribution in [0.1, 0.15) is 12.7 Å². The predicted molar refractivity (Wildman–Crippen MR) is 29.3 cm³/mol. The fourth-order valence-electron chi connectivity index (χ4n) is 0.604. The third kappa shape index (κ3) is 0.886. The van der Waals surface area contributed by atoms with Crippen molar-refractivity contribution in [3.05, 3.63) is 18.0 Å². The van der Waals surface area contributed by atoms with Gasteiger partial charge in [-0.1, -0.05) is 0 Å². The third-order valence-electron chi connectivity index (χ3n) is 1.05. The van der Waals surface area contributed by atoms with Gasteiger partial charge in [-0.25, -0.2) is 4.52 Å². The van der Waals surface area contributed by atoms with Gasteiger partial charge in [0.05, 0.1) is 6.07 Å². The van der Waals surface area contributed by atoms with Crippen molar-refractivity contribution >= 4 is 0 Å². The van der Waals surface area contributed by atoms with Crippen LogP contribution in [0.25, 0.3) is 0 Å². The summed E-state index contributed by atoms with van der Waals surface area (Å²) in [5.41, 5.74) is 0. The molecule has 0 spiro atoms. The molecule has 0 bridgehead atoms. The molecule has 2 nitrogen and oxygen atoms in total. The Hall–Kier alpha value is -0.790. The smallest absolute Gasteiger partial charge is 0.219 e. The summed E-state index contributed by atoms with van der Waals surface area (Å²) in [5, 5.41) is 0. The molecule has 0 saturated carbocycles. The highest BCUT2D eigenvalue weighted by atomic mass is 16.5. The van der Waals surface area contributed by atoms with Gasteiger partial charge in [-0.3, -0.25) is 0 Å². The van der Waals surface area contributed by atoms with E-state index >= 15 is 0 Å². The Kier molecular flexibility index (Phi) is 1.33. The number of rotatable bonds is 1. The molecule has 8 heavy (non-hydrogen) atoms. The maximum Gasteiger partial charge on any atom is 0.219 e. The van der Waals surface area contributed by atoms with Gasteiger partial charge in [-0.15, -0.1) is 0 Å². The van der Waals surface area contributed by atoms with Crippen LogP contribution in [0, 0.1) is 6.92 Å². The SMILES string of the molecule is CC[n+]1ccc(C)o1. The summed E-state index contributed by atoms with van der Waals surface area (Å²) in [6.45, 7) is 4.89. The molecule has 0 radical (unpaired) electrons. The lowest BCUT2D eigenvalue weighted by Gasteiger charge is -1.75. The van der Waals surface area contributed by atoms with Crippen LogP contribution in [0.3, 0.4) is 0 Å². The second-order valence-corrected chi connectivity index (χ2v) is 1.75. The lowest BCUT2D eigenvalue weighted by molar-refractivity contribution is -0.862. The van der Waals surface area contributed by atoms with Crippen LogP contribution in [0.5, 0.6) is 0 Å². The summed E-state index contributed by atoms with van der Waals surface area (Å²) >= 11 is 0. The molecule has 1 aromatic heterocycles. The number of nitrogens with zero attached hydrogens (tertiary/aromatic N) is 1. The van der Waals surface area contributed by atoms with Crippen molar-refractivity contribution in [2.45, 2.75) is 20.4 Å². The van der Waals surface area contributed by atoms with E-state index in [-0.39, 0.29) is 0 Å². The topological polar surface area (TPSA) is 17.0 Å². The van der Waals surface area contributed by atoms with Crippen molar-refractivity contribution in [3.63, 3.8) is 0 Å². The van der Waals surface area contributed by atoms with E-state index in [4.69, 9.17) is 4.52 Å². The lowest BCUT2D eigenvalue weighted by atomic mass is 10.5. The average Bonchev–Trinajstić information content (AvgIpc) is 2.14. The summed E-state index contributed by atoms with van der Waals surface area (Å²) in [6.07, 6.45) is 1.93. The highest BCUT2D eigenvalue weighted by Gasteiger charge is 1.98. The van der Waals surface area contributed by atoms with E-state index < -0.39 is 0 Å². The fourth-order valence-corrected chi connectivity index (χ4v) is 0.604.